The first kappa shape index (κ1) is 15.4. The molecule has 106 valence electrons. The van der Waals surface area contributed by atoms with Crippen molar-refractivity contribution in [2.45, 2.75) is 19.8 Å². The highest BCUT2D eigenvalue weighted by molar-refractivity contribution is 5.95. The first-order valence-corrected chi connectivity index (χ1v) is 6.06. The third-order valence-corrected chi connectivity index (χ3v) is 2.70. The van der Waals surface area contributed by atoms with Crippen molar-refractivity contribution in [1.82, 2.24) is 0 Å². The number of carbonyl (C=O) groups is 1. The van der Waals surface area contributed by atoms with Gasteiger partial charge in [-0.2, -0.15) is 5.26 Å². The zero-order valence-electron chi connectivity index (χ0n) is 11.3. The molecule has 0 spiro atoms. The summed E-state index contributed by atoms with van der Waals surface area (Å²) in [4.78, 5) is 22.0. The molecule has 1 aromatic rings. The van der Waals surface area contributed by atoms with E-state index in [1.807, 2.05) is 13.0 Å². The van der Waals surface area contributed by atoms with Crippen molar-refractivity contribution in [1.29, 1.82) is 5.26 Å². The van der Waals surface area contributed by atoms with Gasteiger partial charge in [0.2, 0.25) is 5.91 Å². The highest BCUT2D eigenvalue weighted by atomic mass is 16.6. The number of non-ortho nitro benzene ring substituents is 1. The van der Waals surface area contributed by atoms with Crippen LogP contribution in [0.4, 0.5) is 11.4 Å². The lowest BCUT2D eigenvalue weighted by Gasteiger charge is -2.12. The lowest BCUT2D eigenvalue weighted by Crippen LogP contribution is -2.21. The van der Waals surface area contributed by atoms with Crippen LogP contribution in [0.15, 0.2) is 18.2 Å². The lowest BCUT2D eigenvalue weighted by atomic mass is 10.0. The maximum atomic E-state index is 11.9. The van der Waals surface area contributed by atoms with E-state index < -0.39 is 16.7 Å². The smallest absolute Gasteiger partial charge is 0.273 e. The number of nitrogens with zero attached hydrogens (tertiary/aromatic N) is 2. The highest BCUT2D eigenvalue weighted by Gasteiger charge is 2.19. The largest absolute Gasteiger partial charge is 0.494 e. The molecule has 0 aliphatic rings. The number of nitro groups is 1. The Morgan fingerprint density at radius 3 is 2.80 bits per heavy atom. The fraction of sp³-hybridized carbons (Fsp3) is 0.385. The Labute approximate surface area is 116 Å². The second kappa shape index (κ2) is 7.09. The van der Waals surface area contributed by atoms with Crippen molar-refractivity contribution in [3.05, 3.63) is 28.3 Å². The number of anilines is 1. The second-order valence-electron chi connectivity index (χ2n) is 4.10. The zero-order chi connectivity index (χ0) is 15.1. The van der Waals surface area contributed by atoms with E-state index in [2.05, 4.69) is 5.32 Å². The molecule has 0 saturated heterocycles. The SMILES string of the molecule is CCCC(C#N)C(=O)Nc1ccc([N+](=O)[O-])cc1OC. The van der Waals surface area contributed by atoms with Gasteiger partial charge in [-0.05, 0) is 12.5 Å². The Hall–Kier alpha value is -2.62. The number of nitriles is 1. The fourth-order valence-corrected chi connectivity index (χ4v) is 1.66. The van der Waals surface area contributed by atoms with E-state index in [9.17, 15) is 14.9 Å². The van der Waals surface area contributed by atoms with Gasteiger partial charge in [0.15, 0.2) is 0 Å². The molecule has 1 amide bonds. The predicted molar refractivity (Wildman–Crippen MR) is 72.3 cm³/mol. The molecule has 0 aliphatic heterocycles. The van der Waals surface area contributed by atoms with Crippen LogP contribution >= 0.6 is 0 Å². The van der Waals surface area contributed by atoms with E-state index in [0.29, 0.717) is 18.5 Å². The Bertz CT molecular complexity index is 551. The molecular weight excluding hydrogens is 262 g/mol. The van der Waals surface area contributed by atoms with Crippen LogP contribution in [0.25, 0.3) is 0 Å². The number of ether oxygens (including phenoxy) is 1. The first-order chi connectivity index (χ1) is 9.53. The Morgan fingerprint density at radius 2 is 2.30 bits per heavy atom. The topological polar surface area (TPSA) is 105 Å². The molecule has 0 bridgehead atoms. The molecular formula is C13H15N3O4. The van der Waals surface area contributed by atoms with Crippen molar-refractivity contribution in [2.24, 2.45) is 5.92 Å². The van der Waals surface area contributed by atoms with Gasteiger partial charge in [-0.3, -0.25) is 14.9 Å². The third kappa shape index (κ3) is 3.68. The van der Waals surface area contributed by atoms with Gasteiger partial charge in [-0.25, -0.2) is 0 Å². The van der Waals surface area contributed by atoms with Gasteiger partial charge in [-0.1, -0.05) is 13.3 Å². The summed E-state index contributed by atoms with van der Waals surface area (Å²) in [6, 6.07) is 5.80. The zero-order valence-corrected chi connectivity index (χ0v) is 11.3. The van der Waals surface area contributed by atoms with Gasteiger partial charge in [-0.15, -0.1) is 0 Å². The maximum Gasteiger partial charge on any atom is 0.273 e. The normalized spacial score (nSPS) is 11.2. The Kier molecular flexibility index (Phi) is 5.47. The van der Waals surface area contributed by atoms with E-state index in [1.54, 1.807) is 0 Å². The summed E-state index contributed by atoms with van der Waals surface area (Å²) >= 11 is 0. The number of nitro benzene ring substituents is 1. The van der Waals surface area contributed by atoms with E-state index >= 15 is 0 Å². The summed E-state index contributed by atoms with van der Waals surface area (Å²) in [7, 11) is 1.35. The second-order valence-corrected chi connectivity index (χ2v) is 4.10. The minimum Gasteiger partial charge on any atom is -0.494 e. The molecule has 1 atom stereocenters. The molecule has 0 saturated carbocycles. The fourth-order valence-electron chi connectivity index (χ4n) is 1.66. The number of nitrogens with one attached hydrogen (secondary N) is 1. The van der Waals surface area contributed by atoms with Crippen molar-refractivity contribution in [2.75, 3.05) is 12.4 Å². The molecule has 7 heteroatoms. The van der Waals surface area contributed by atoms with Crippen LogP contribution in [0.2, 0.25) is 0 Å². The summed E-state index contributed by atoms with van der Waals surface area (Å²) in [5, 5.41) is 22.1. The van der Waals surface area contributed by atoms with Gasteiger partial charge in [0.05, 0.1) is 29.9 Å². The van der Waals surface area contributed by atoms with Crippen molar-refractivity contribution < 1.29 is 14.5 Å². The Morgan fingerprint density at radius 1 is 1.60 bits per heavy atom. The number of hydrogen-bond acceptors (Lipinski definition) is 5. The van der Waals surface area contributed by atoms with Crippen LogP contribution in [-0.4, -0.2) is 17.9 Å². The van der Waals surface area contributed by atoms with E-state index in [1.165, 1.54) is 25.3 Å². The molecule has 0 fully saturated rings. The van der Waals surface area contributed by atoms with Crippen LogP contribution < -0.4 is 10.1 Å². The van der Waals surface area contributed by atoms with E-state index in [-0.39, 0.29) is 11.4 Å². The van der Waals surface area contributed by atoms with Crippen LogP contribution in [0.3, 0.4) is 0 Å². The molecule has 1 N–H and O–H groups in total. The molecule has 20 heavy (non-hydrogen) atoms. The van der Waals surface area contributed by atoms with Crippen LogP contribution in [0, 0.1) is 27.4 Å². The summed E-state index contributed by atoms with van der Waals surface area (Å²) in [6.07, 6.45) is 1.17. The van der Waals surface area contributed by atoms with E-state index in [0.717, 1.165) is 0 Å². The molecule has 1 unspecified atom stereocenters. The molecule has 1 aromatic carbocycles. The number of carbonyl (C=O) groups excluding carboxylic acids is 1. The predicted octanol–water partition coefficient (Wildman–Crippen LogP) is 2.48. The average Bonchev–Trinajstić information content (AvgIpc) is 2.44. The molecule has 7 nitrogen and oxygen atoms in total. The van der Waals surface area contributed by atoms with Crippen LogP contribution in [0.5, 0.6) is 5.75 Å². The summed E-state index contributed by atoms with van der Waals surface area (Å²) < 4.78 is 5.01. The monoisotopic (exact) mass is 277 g/mol. The van der Waals surface area contributed by atoms with E-state index in [4.69, 9.17) is 10.00 Å². The van der Waals surface area contributed by atoms with Crippen molar-refractivity contribution >= 4 is 17.3 Å². The third-order valence-electron chi connectivity index (χ3n) is 2.70. The van der Waals surface area contributed by atoms with Gasteiger partial charge < -0.3 is 10.1 Å². The Balaban J connectivity index is 2.95. The number of amides is 1. The summed E-state index contributed by atoms with van der Waals surface area (Å²) in [5.41, 5.74) is 0.171. The standard InChI is InChI=1S/C13H15N3O4/c1-3-4-9(8-14)13(17)15-11-6-5-10(16(18)19)7-12(11)20-2/h5-7,9H,3-4H2,1-2H3,(H,15,17). The molecule has 0 aliphatic carbocycles. The maximum absolute atomic E-state index is 11.9. The van der Waals surface area contributed by atoms with Crippen LogP contribution in [-0.2, 0) is 4.79 Å². The van der Waals surface area contributed by atoms with Gasteiger partial charge in [0.1, 0.15) is 11.7 Å². The number of benzene rings is 1. The number of rotatable bonds is 6. The molecule has 0 heterocycles. The van der Waals surface area contributed by atoms with Gasteiger partial charge >= 0.3 is 0 Å². The van der Waals surface area contributed by atoms with Crippen molar-refractivity contribution in [3.8, 4) is 11.8 Å². The molecule has 0 radical (unpaired) electrons. The average molecular weight is 277 g/mol. The first-order valence-electron chi connectivity index (χ1n) is 6.06. The highest BCUT2D eigenvalue weighted by Crippen LogP contribution is 2.29. The van der Waals surface area contributed by atoms with Crippen molar-refractivity contribution in [3.63, 3.8) is 0 Å². The quantitative estimate of drug-likeness (QED) is 0.635. The van der Waals surface area contributed by atoms with Gasteiger partial charge in [0.25, 0.3) is 5.69 Å². The minimum absolute atomic E-state index is 0.134. The van der Waals surface area contributed by atoms with Gasteiger partial charge in [0, 0.05) is 6.07 Å². The summed E-state index contributed by atoms with van der Waals surface area (Å²) in [5.74, 6) is -1.01. The number of methoxy groups -OCH3 is 1. The minimum atomic E-state index is -0.750. The molecule has 1 rings (SSSR count). The number of hydrogen-bond donors (Lipinski definition) is 1. The molecule has 0 aromatic heterocycles. The summed E-state index contributed by atoms with van der Waals surface area (Å²) in [6.45, 7) is 1.88. The lowest BCUT2D eigenvalue weighted by molar-refractivity contribution is -0.384. The van der Waals surface area contributed by atoms with Crippen LogP contribution in [0.1, 0.15) is 19.8 Å².